The second-order valence-electron chi connectivity index (χ2n) is 6.89. The summed E-state index contributed by atoms with van der Waals surface area (Å²) in [6.07, 6.45) is 1.25. The topological polar surface area (TPSA) is 108 Å². The highest BCUT2D eigenvalue weighted by Gasteiger charge is 2.40. The molecule has 0 aliphatic carbocycles. The van der Waals surface area contributed by atoms with Gasteiger partial charge in [0.25, 0.3) is 17.7 Å². The first-order chi connectivity index (χ1) is 14.9. The van der Waals surface area contributed by atoms with Gasteiger partial charge in [0.05, 0.1) is 30.1 Å². The molecule has 1 N–H and O–H groups in total. The van der Waals surface area contributed by atoms with E-state index in [0.717, 1.165) is 4.90 Å². The molecule has 2 aliphatic rings. The molecule has 0 spiro atoms. The standard InChI is InChI=1S/C22H18N4O5/c1-13-17(21(29)26(24-13)14-7-4-3-5-8-14)12-18-19(27)23-22(30)25(20(18)28)15-9-6-10-16(11-15)31-2/h3-12,17H,1-2H3,(H,23,27,30)/b18-12-/t17-/m0/s1. The predicted octanol–water partition coefficient (Wildman–Crippen LogP) is 2.24. The number of rotatable bonds is 4. The Labute approximate surface area is 177 Å². The van der Waals surface area contributed by atoms with Gasteiger partial charge in [0, 0.05) is 6.07 Å². The summed E-state index contributed by atoms with van der Waals surface area (Å²) in [4.78, 5) is 51.6. The monoisotopic (exact) mass is 418 g/mol. The Morgan fingerprint density at radius 3 is 2.42 bits per heavy atom. The third kappa shape index (κ3) is 3.57. The van der Waals surface area contributed by atoms with Gasteiger partial charge < -0.3 is 4.74 Å². The number of anilines is 2. The van der Waals surface area contributed by atoms with E-state index in [1.54, 1.807) is 43.3 Å². The highest BCUT2D eigenvalue weighted by atomic mass is 16.5. The number of nitrogens with one attached hydrogen (secondary N) is 1. The van der Waals surface area contributed by atoms with Crippen molar-refractivity contribution in [3.05, 3.63) is 66.2 Å². The Bertz CT molecular complexity index is 1160. The van der Waals surface area contributed by atoms with E-state index in [0.29, 0.717) is 17.1 Å². The smallest absolute Gasteiger partial charge is 0.335 e. The predicted molar refractivity (Wildman–Crippen MR) is 113 cm³/mol. The highest BCUT2D eigenvalue weighted by Crippen LogP contribution is 2.28. The Hall–Kier alpha value is -4.27. The van der Waals surface area contributed by atoms with Crippen molar-refractivity contribution in [2.45, 2.75) is 6.92 Å². The number of carbonyl (C=O) groups is 4. The molecule has 1 saturated heterocycles. The van der Waals surface area contributed by atoms with Crippen LogP contribution in [0.25, 0.3) is 0 Å². The van der Waals surface area contributed by atoms with Crippen LogP contribution in [0.15, 0.2) is 71.3 Å². The van der Waals surface area contributed by atoms with Gasteiger partial charge in [-0.25, -0.2) is 9.69 Å². The lowest BCUT2D eigenvalue weighted by Gasteiger charge is -2.27. The summed E-state index contributed by atoms with van der Waals surface area (Å²) >= 11 is 0. The fraction of sp³-hybridized carbons (Fsp3) is 0.136. The molecule has 1 atom stereocenters. The molecule has 31 heavy (non-hydrogen) atoms. The summed E-state index contributed by atoms with van der Waals surface area (Å²) < 4.78 is 5.14. The lowest BCUT2D eigenvalue weighted by molar-refractivity contribution is -0.122. The molecule has 2 heterocycles. The molecule has 156 valence electrons. The van der Waals surface area contributed by atoms with Crippen LogP contribution in [0.3, 0.4) is 0 Å². The number of para-hydroxylation sites is 1. The maximum Gasteiger partial charge on any atom is 0.335 e. The fourth-order valence-electron chi connectivity index (χ4n) is 3.35. The lowest BCUT2D eigenvalue weighted by Crippen LogP contribution is -2.54. The number of methoxy groups -OCH3 is 1. The molecular formula is C22H18N4O5. The first kappa shape index (κ1) is 20.0. The van der Waals surface area contributed by atoms with E-state index in [4.69, 9.17) is 4.74 Å². The Morgan fingerprint density at radius 1 is 1.00 bits per heavy atom. The van der Waals surface area contributed by atoms with Crippen LogP contribution in [0.5, 0.6) is 5.75 Å². The zero-order valence-electron chi connectivity index (χ0n) is 16.7. The summed E-state index contributed by atoms with van der Waals surface area (Å²) in [5.74, 6) is -2.58. The van der Waals surface area contributed by atoms with Crippen LogP contribution in [0.4, 0.5) is 16.2 Å². The molecule has 2 aromatic carbocycles. The minimum atomic E-state index is -0.912. The van der Waals surface area contributed by atoms with Crippen LogP contribution in [0, 0.1) is 5.92 Å². The summed E-state index contributed by atoms with van der Waals surface area (Å²) in [6, 6.07) is 14.2. The molecule has 2 aromatic rings. The van der Waals surface area contributed by atoms with Gasteiger partial charge in [-0.3, -0.25) is 19.7 Å². The van der Waals surface area contributed by atoms with E-state index in [2.05, 4.69) is 10.4 Å². The van der Waals surface area contributed by atoms with Crippen molar-refractivity contribution in [3.63, 3.8) is 0 Å². The van der Waals surface area contributed by atoms with E-state index >= 15 is 0 Å². The molecule has 0 aromatic heterocycles. The van der Waals surface area contributed by atoms with Crippen molar-refractivity contribution in [1.29, 1.82) is 0 Å². The largest absolute Gasteiger partial charge is 0.497 e. The zero-order chi connectivity index (χ0) is 22.1. The van der Waals surface area contributed by atoms with Crippen LogP contribution < -0.4 is 20.0 Å². The second kappa shape index (κ2) is 7.86. The quantitative estimate of drug-likeness (QED) is 0.605. The molecule has 9 nitrogen and oxygen atoms in total. The SMILES string of the molecule is COc1cccc(N2C(=O)NC(=O)/C(=C/[C@@H]3C(=O)N(c4ccccc4)N=C3C)C2=O)c1. The van der Waals surface area contributed by atoms with Crippen molar-refractivity contribution in [2.24, 2.45) is 11.0 Å². The average Bonchev–Trinajstić information content (AvgIpc) is 3.05. The number of hydrogen-bond acceptors (Lipinski definition) is 6. The summed E-state index contributed by atoms with van der Waals surface area (Å²) in [6.45, 7) is 1.64. The average molecular weight is 418 g/mol. The van der Waals surface area contributed by atoms with Crippen molar-refractivity contribution >= 4 is 40.8 Å². The number of carbonyl (C=O) groups excluding carboxylic acids is 4. The van der Waals surface area contributed by atoms with Crippen molar-refractivity contribution < 1.29 is 23.9 Å². The van der Waals surface area contributed by atoms with Crippen LogP contribution in [-0.2, 0) is 14.4 Å². The number of amides is 5. The van der Waals surface area contributed by atoms with E-state index in [1.807, 2.05) is 6.07 Å². The highest BCUT2D eigenvalue weighted by molar-refractivity contribution is 6.38. The van der Waals surface area contributed by atoms with Gasteiger partial charge in [0.15, 0.2) is 0 Å². The third-order valence-corrected chi connectivity index (χ3v) is 4.93. The Balaban J connectivity index is 1.67. The third-order valence-electron chi connectivity index (χ3n) is 4.93. The number of hydrogen-bond donors (Lipinski definition) is 1. The molecule has 0 radical (unpaired) electrons. The first-order valence-corrected chi connectivity index (χ1v) is 9.40. The fourth-order valence-corrected chi connectivity index (χ4v) is 3.35. The first-order valence-electron chi connectivity index (χ1n) is 9.40. The number of barbiturate groups is 1. The Kier molecular flexibility index (Phi) is 5.08. The Morgan fingerprint density at radius 2 is 1.71 bits per heavy atom. The molecule has 1 fully saturated rings. The van der Waals surface area contributed by atoms with E-state index in [-0.39, 0.29) is 11.3 Å². The molecular weight excluding hydrogens is 400 g/mol. The number of imide groups is 2. The minimum absolute atomic E-state index is 0.231. The van der Waals surface area contributed by atoms with E-state index < -0.39 is 29.7 Å². The maximum absolute atomic E-state index is 13.1. The van der Waals surface area contributed by atoms with Crippen molar-refractivity contribution in [1.82, 2.24) is 5.32 Å². The zero-order valence-corrected chi connectivity index (χ0v) is 16.7. The lowest BCUT2D eigenvalue weighted by atomic mass is 9.98. The minimum Gasteiger partial charge on any atom is -0.497 e. The van der Waals surface area contributed by atoms with E-state index in [1.165, 1.54) is 30.3 Å². The molecule has 0 bridgehead atoms. The van der Waals surface area contributed by atoms with E-state index in [9.17, 15) is 19.2 Å². The number of ether oxygens (including phenoxy) is 1. The van der Waals surface area contributed by atoms with Gasteiger partial charge in [-0.2, -0.15) is 10.1 Å². The van der Waals surface area contributed by atoms with Gasteiger partial charge in [-0.1, -0.05) is 24.3 Å². The van der Waals surface area contributed by atoms with Gasteiger partial charge in [0.1, 0.15) is 11.3 Å². The summed E-state index contributed by atoms with van der Waals surface area (Å²) in [7, 11) is 1.46. The van der Waals surface area contributed by atoms with Crippen molar-refractivity contribution in [3.8, 4) is 5.75 Å². The summed E-state index contributed by atoms with van der Waals surface area (Å²) in [5, 5.41) is 7.64. The van der Waals surface area contributed by atoms with Crippen LogP contribution in [0.2, 0.25) is 0 Å². The maximum atomic E-state index is 13.1. The summed E-state index contributed by atoms with van der Waals surface area (Å²) in [5.41, 5.74) is 0.909. The van der Waals surface area contributed by atoms with Crippen LogP contribution in [0.1, 0.15) is 6.92 Å². The van der Waals surface area contributed by atoms with Crippen LogP contribution in [-0.4, -0.2) is 36.6 Å². The molecule has 5 amide bonds. The number of benzene rings is 2. The van der Waals surface area contributed by atoms with Gasteiger partial charge >= 0.3 is 6.03 Å². The van der Waals surface area contributed by atoms with Crippen molar-refractivity contribution in [2.75, 3.05) is 17.0 Å². The van der Waals surface area contributed by atoms with Gasteiger partial charge in [-0.05, 0) is 37.3 Å². The molecule has 0 unspecified atom stereocenters. The molecule has 0 saturated carbocycles. The number of nitrogens with zero attached hydrogens (tertiary/aromatic N) is 3. The van der Waals surface area contributed by atoms with Gasteiger partial charge in [-0.15, -0.1) is 0 Å². The normalized spacial score (nSPS) is 20.3. The number of urea groups is 1. The molecule has 4 rings (SSSR count). The van der Waals surface area contributed by atoms with Crippen LogP contribution >= 0.6 is 0 Å². The van der Waals surface area contributed by atoms with Gasteiger partial charge in [0.2, 0.25) is 0 Å². The molecule has 9 heteroatoms. The number of hydrazone groups is 1. The molecule has 2 aliphatic heterocycles. The second-order valence-corrected chi connectivity index (χ2v) is 6.89.